The zero-order valence-corrected chi connectivity index (χ0v) is 15.4. The number of hydrogen-bond donors (Lipinski definition) is 0. The van der Waals surface area contributed by atoms with Crippen molar-refractivity contribution in [3.63, 3.8) is 0 Å². The predicted octanol–water partition coefficient (Wildman–Crippen LogP) is 5.11. The Morgan fingerprint density at radius 2 is 1.04 bits per heavy atom. The fourth-order valence-corrected chi connectivity index (χ4v) is 7.59. The lowest BCUT2D eigenvalue weighted by Crippen LogP contribution is -2.33. The van der Waals surface area contributed by atoms with Gasteiger partial charge in [0.2, 0.25) is 0 Å². The highest BCUT2D eigenvalue weighted by molar-refractivity contribution is 7.95. The first-order valence-electron chi connectivity index (χ1n) is 8.70. The third-order valence-corrected chi connectivity index (χ3v) is 8.96. The first-order chi connectivity index (χ1) is 12.4. The van der Waals surface area contributed by atoms with Gasteiger partial charge in [-0.3, -0.25) is 0 Å². The van der Waals surface area contributed by atoms with Crippen molar-refractivity contribution >= 4 is 23.2 Å². The van der Waals surface area contributed by atoms with Gasteiger partial charge in [-0.05, 0) is 36.4 Å². The number of benzene rings is 3. The zero-order valence-electron chi connectivity index (χ0n) is 14.5. The number of allylic oxidation sites excluding steroid dienone is 3. The van der Waals surface area contributed by atoms with E-state index in [1.807, 2.05) is 6.08 Å². The molecule has 3 aromatic carbocycles. The summed E-state index contributed by atoms with van der Waals surface area (Å²) in [5.41, 5.74) is 0. The summed E-state index contributed by atoms with van der Waals surface area (Å²) in [6.45, 7) is 3.79. The van der Waals surface area contributed by atoms with Crippen LogP contribution in [0.25, 0.3) is 0 Å². The first-order valence-corrected chi connectivity index (χ1v) is 10.7. The molecule has 0 heterocycles. The molecule has 0 N–H and O–H groups in total. The molecule has 0 saturated carbocycles. The van der Waals surface area contributed by atoms with Crippen LogP contribution in [0.2, 0.25) is 0 Å². The van der Waals surface area contributed by atoms with E-state index in [2.05, 4.69) is 110 Å². The minimum absolute atomic E-state index is 1.04. The molecular formula is C24H24P+. The Bertz CT molecular complexity index is 708. The molecule has 0 spiro atoms. The van der Waals surface area contributed by atoms with E-state index in [-0.39, 0.29) is 0 Å². The fourth-order valence-electron chi connectivity index (χ4n) is 3.34. The molecule has 3 aromatic rings. The normalized spacial score (nSPS) is 11.5. The Morgan fingerprint density at radius 1 is 0.640 bits per heavy atom. The molecule has 0 aliphatic heterocycles. The summed E-state index contributed by atoms with van der Waals surface area (Å²) in [5, 5.41) is 4.33. The van der Waals surface area contributed by atoms with E-state index in [1.165, 1.54) is 15.9 Å². The average Bonchev–Trinajstić information content (AvgIpc) is 2.70. The van der Waals surface area contributed by atoms with Gasteiger partial charge in [-0.1, -0.05) is 79.4 Å². The van der Waals surface area contributed by atoms with Gasteiger partial charge in [0, 0.05) is 6.42 Å². The second kappa shape index (κ2) is 8.60. The molecule has 0 bridgehead atoms. The summed E-state index contributed by atoms with van der Waals surface area (Å²) in [6.07, 6.45) is 8.30. The number of hydrogen-bond acceptors (Lipinski definition) is 0. The Hall–Kier alpha value is -2.43. The van der Waals surface area contributed by atoms with Gasteiger partial charge in [-0.25, -0.2) is 0 Å². The minimum Gasteiger partial charge on any atom is -0.0991 e. The highest BCUT2D eigenvalue weighted by atomic mass is 31.2. The molecule has 3 rings (SSSR count). The Morgan fingerprint density at radius 3 is 1.40 bits per heavy atom. The summed E-state index contributed by atoms with van der Waals surface area (Å²) >= 11 is 0. The molecule has 0 amide bonds. The van der Waals surface area contributed by atoms with Crippen LogP contribution in [0.15, 0.2) is 116 Å². The lowest BCUT2D eigenvalue weighted by molar-refractivity contribution is 1.23. The van der Waals surface area contributed by atoms with E-state index >= 15 is 0 Å². The quantitative estimate of drug-likeness (QED) is 0.413. The van der Waals surface area contributed by atoms with Gasteiger partial charge in [0.05, 0.1) is 6.16 Å². The summed E-state index contributed by atoms with van der Waals surface area (Å²) in [4.78, 5) is 0. The molecule has 25 heavy (non-hydrogen) atoms. The van der Waals surface area contributed by atoms with Crippen LogP contribution in [-0.4, -0.2) is 6.16 Å². The summed E-state index contributed by atoms with van der Waals surface area (Å²) < 4.78 is 0. The van der Waals surface area contributed by atoms with E-state index in [0.29, 0.717) is 0 Å². The highest BCUT2D eigenvalue weighted by Crippen LogP contribution is 2.55. The van der Waals surface area contributed by atoms with Crippen molar-refractivity contribution in [2.24, 2.45) is 0 Å². The highest BCUT2D eigenvalue weighted by Gasteiger charge is 2.44. The van der Waals surface area contributed by atoms with Gasteiger partial charge in [0.15, 0.2) is 0 Å². The van der Waals surface area contributed by atoms with E-state index in [4.69, 9.17) is 0 Å². The van der Waals surface area contributed by atoms with E-state index < -0.39 is 7.26 Å². The van der Waals surface area contributed by atoms with Crippen molar-refractivity contribution in [2.45, 2.75) is 6.42 Å². The molecule has 0 nitrogen and oxygen atoms in total. The molecule has 0 fully saturated rings. The Labute approximate surface area is 151 Å². The van der Waals surface area contributed by atoms with Crippen molar-refractivity contribution < 1.29 is 0 Å². The second-order valence-corrected chi connectivity index (χ2v) is 9.61. The summed E-state index contributed by atoms with van der Waals surface area (Å²) in [5.74, 6) is 0. The van der Waals surface area contributed by atoms with Crippen LogP contribution in [0.1, 0.15) is 6.42 Å². The van der Waals surface area contributed by atoms with Crippen LogP contribution in [0.5, 0.6) is 0 Å². The molecule has 0 radical (unpaired) electrons. The van der Waals surface area contributed by atoms with Gasteiger partial charge in [0.25, 0.3) is 0 Å². The molecule has 1 heteroatoms. The molecule has 0 unspecified atom stereocenters. The summed E-state index contributed by atoms with van der Waals surface area (Å²) in [7, 11) is -1.68. The Kier molecular flexibility index (Phi) is 5.99. The van der Waals surface area contributed by atoms with Crippen molar-refractivity contribution in [1.29, 1.82) is 0 Å². The predicted molar refractivity (Wildman–Crippen MR) is 114 cm³/mol. The minimum atomic E-state index is -1.68. The topological polar surface area (TPSA) is 0 Å². The molecule has 0 atom stereocenters. The van der Waals surface area contributed by atoms with Crippen LogP contribution in [0, 0.1) is 0 Å². The first kappa shape index (κ1) is 17.4. The molecule has 0 aliphatic carbocycles. The van der Waals surface area contributed by atoms with Crippen LogP contribution in [-0.2, 0) is 0 Å². The van der Waals surface area contributed by atoms with E-state index in [0.717, 1.165) is 12.6 Å². The molecule has 124 valence electrons. The van der Waals surface area contributed by atoms with Crippen LogP contribution >= 0.6 is 7.26 Å². The SMILES string of the molecule is C=C/C=C\CC[P+](c1ccccc1)(c1ccccc1)c1ccccc1. The molecule has 0 aromatic heterocycles. The van der Waals surface area contributed by atoms with Gasteiger partial charge in [0.1, 0.15) is 23.2 Å². The third-order valence-electron chi connectivity index (χ3n) is 4.49. The van der Waals surface area contributed by atoms with Gasteiger partial charge in [-0.15, -0.1) is 0 Å². The van der Waals surface area contributed by atoms with E-state index in [9.17, 15) is 0 Å². The smallest absolute Gasteiger partial charge is 0.0991 e. The molecule has 0 aliphatic rings. The van der Waals surface area contributed by atoms with Crippen LogP contribution in [0.4, 0.5) is 0 Å². The maximum absolute atomic E-state index is 3.79. The number of rotatable bonds is 7. The maximum Gasteiger partial charge on any atom is 0.112 e. The van der Waals surface area contributed by atoms with Gasteiger partial charge < -0.3 is 0 Å². The van der Waals surface area contributed by atoms with Crippen molar-refractivity contribution in [1.82, 2.24) is 0 Å². The lowest BCUT2D eigenvalue weighted by atomic mass is 10.3. The van der Waals surface area contributed by atoms with Crippen molar-refractivity contribution in [3.05, 3.63) is 116 Å². The lowest BCUT2D eigenvalue weighted by Gasteiger charge is -2.27. The third kappa shape index (κ3) is 3.81. The van der Waals surface area contributed by atoms with Crippen LogP contribution < -0.4 is 15.9 Å². The van der Waals surface area contributed by atoms with Gasteiger partial charge >= 0.3 is 0 Å². The van der Waals surface area contributed by atoms with E-state index in [1.54, 1.807) is 0 Å². The van der Waals surface area contributed by atoms with Crippen LogP contribution in [0.3, 0.4) is 0 Å². The standard InChI is InChI=1S/C24H24P/c1-2-3-4-14-21-25(22-15-8-5-9-16-22,23-17-10-6-11-18-23)24-19-12-7-13-20-24/h2-13,15-20H,1,14,21H2/q+1/b4-3-. The largest absolute Gasteiger partial charge is 0.112 e. The molecule has 0 saturated heterocycles. The fraction of sp³-hybridized carbons (Fsp3) is 0.0833. The zero-order chi connectivity index (χ0) is 17.4. The van der Waals surface area contributed by atoms with Crippen molar-refractivity contribution in [3.8, 4) is 0 Å². The van der Waals surface area contributed by atoms with Crippen molar-refractivity contribution in [2.75, 3.05) is 6.16 Å². The van der Waals surface area contributed by atoms with Gasteiger partial charge in [-0.2, -0.15) is 0 Å². The summed E-state index contributed by atoms with van der Waals surface area (Å²) in [6, 6.07) is 33.1. The Balaban J connectivity index is 2.20. The maximum atomic E-state index is 3.79. The molecular weight excluding hydrogens is 319 g/mol. The monoisotopic (exact) mass is 343 g/mol. The average molecular weight is 343 g/mol. The second-order valence-electron chi connectivity index (χ2n) is 5.99.